The number of methoxy groups -OCH3 is 1. The van der Waals surface area contributed by atoms with Crippen LogP contribution in [0.15, 0.2) is 12.1 Å². The number of hydrogen-bond donors (Lipinski definition) is 0. The fourth-order valence-corrected chi connectivity index (χ4v) is 4.25. The average Bonchev–Trinajstić information content (AvgIpc) is 2.65. The molecule has 0 amide bonds. The van der Waals surface area contributed by atoms with Crippen LogP contribution in [0.25, 0.3) is 0 Å². The van der Waals surface area contributed by atoms with Gasteiger partial charge in [-0.2, -0.15) is 0 Å². The van der Waals surface area contributed by atoms with E-state index in [1.165, 1.54) is 31.2 Å². The maximum atomic E-state index is 12.0. The Morgan fingerprint density at radius 1 is 1.11 bits per heavy atom. The van der Waals surface area contributed by atoms with Crippen molar-refractivity contribution in [3.05, 3.63) is 23.3 Å². The van der Waals surface area contributed by atoms with Gasteiger partial charge in [0.05, 0.1) is 13.7 Å². The highest BCUT2D eigenvalue weighted by atomic mass is 16.5. The Morgan fingerprint density at radius 3 is 2.48 bits per heavy atom. The van der Waals surface area contributed by atoms with E-state index in [4.69, 9.17) is 9.47 Å². The normalized spacial score (nSPS) is 17.8. The summed E-state index contributed by atoms with van der Waals surface area (Å²) in [5, 5.41) is 0. The van der Waals surface area contributed by atoms with Gasteiger partial charge in [0.25, 0.3) is 0 Å². The number of ether oxygens (including phenoxy) is 2. The Bertz CT molecular complexity index is 618. The van der Waals surface area contributed by atoms with Crippen LogP contribution < -0.4 is 9.47 Å². The van der Waals surface area contributed by atoms with E-state index in [0.717, 1.165) is 36.3 Å². The molecule has 3 nitrogen and oxygen atoms in total. The van der Waals surface area contributed by atoms with Crippen molar-refractivity contribution in [1.82, 2.24) is 0 Å². The molecule has 0 saturated heterocycles. The Labute approximate surface area is 165 Å². The molecule has 1 aromatic carbocycles. The van der Waals surface area contributed by atoms with Crippen LogP contribution in [0.5, 0.6) is 11.5 Å². The molecule has 3 heteroatoms. The van der Waals surface area contributed by atoms with Crippen molar-refractivity contribution in [2.75, 3.05) is 13.7 Å². The van der Waals surface area contributed by atoms with E-state index in [2.05, 4.69) is 32.9 Å². The van der Waals surface area contributed by atoms with Gasteiger partial charge in [-0.3, -0.25) is 4.79 Å². The lowest BCUT2D eigenvalue weighted by molar-refractivity contribution is -0.120. The molecule has 1 aliphatic carbocycles. The van der Waals surface area contributed by atoms with Crippen LogP contribution in [0, 0.1) is 0 Å². The Hall–Kier alpha value is -1.51. The number of rotatable bonds is 10. The van der Waals surface area contributed by atoms with Crippen molar-refractivity contribution in [2.45, 2.75) is 96.8 Å². The lowest BCUT2D eigenvalue weighted by Crippen LogP contribution is -2.19. The first-order chi connectivity index (χ1) is 12.9. The number of Topliss-reactive ketones (excluding diaryl/α,β-unsaturated/α-hetero) is 1. The van der Waals surface area contributed by atoms with Crippen LogP contribution in [0.3, 0.4) is 0 Å². The van der Waals surface area contributed by atoms with Gasteiger partial charge in [0, 0.05) is 18.4 Å². The van der Waals surface area contributed by atoms with E-state index < -0.39 is 0 Å². The van der Waals surface area contributed by atoms with Gasteiger partial charge < -0.3 is 9.47 Å². The van der Waals surface area contributed by atoms with Crippen molar-refractivity contribution in [3.8, 4) is 11.5 Å². The van der Waals surface area contributed by atoms with E-state index in [1.54, 1.807) is 7.11 Å². The minimum atomic E-state index is 0.0772. The minimum absolute atomic E-state index is 0.0772. The molecule has 1 atom stereocenters. The Balaban J connectivity index is 2.35. The number of hydrogen-bond acceptors (Lipinski definition) is 3. The summed E-state index contributed by atoms with van der Waals surface area (Å²) in [6.07, 6.45) is 9.56. The SMILES string of the molecule is CCCCCCC(C)(C)c1cc(OC)c(C2CCCC(=O)C2)c(OCC)c1. The number of benzene rings is 1. The van der Waals surface area contributed by atoms with Crippen LogP contribution in [0.1, 0.15) is 103 Å². The molecule has 1 saturated carbocycles. The van der Waals surface area contributed by atoms with Gasteiger partial charge >= 0.3 is 0 Å². The number of unbranched alkanes of at least 4 members (excludes halogenated alkanes) is 3. The van der Waals surface area contributed by atoms with E-state index in [0.29, 0.717) is 25.2 Å². The van der Waals surface area contributed by atoms with Crippen LogP contribution in [0.4, 0.5) is 0 Å². The third-order valence-corrected chi connectivity index (χ3v) is 5.95. The van der Waals surface area contributed by atoms with Gasteiger partial charge in [-0.25, -0.2) is 0 Å². The summed E-state index contributed by atoms with van der Waals surface area (Å²) >= 11 is 0. The molecule has 2 rings (SSSR count). The van der Waals surface area contributed by atoms with E-state index >= 15 is 0 Å². The van der Waals surface area contributed by atoms with Crippen molar-refractivity contribution in [3.63, 3.8) is 0 Å². The summed E-state index contributed by atoms with van der Waals surface area (Å²) in [6.45, 7) is 9.52. The van der Waals surface area contributed by atoms with Gasteiger partial charge in [-0.1, -0.05) is 46.5 Å². The summed E-state index contributed by atoms with van der Waals surface area (Å²) in [7, 11) is 1.73. The minimum Gasteiger partial charge on any atom is -0.496 e. The average molecular weight is 375 g/mol. The second-order valence-electron chi connectivity index (χ2n) is 8.55. The third kappa shape index (κ3) is 5.73. The highest BCUT2D eigenvalue weighted by Crippen LogP contribution is 2.45. The van der Waals surface area contributed by atoms with Gasteiger partial charge in [0.15, 0.2) is 0 Å². The summed E-state index contributed by atoms with van der Waals surface area (Å²) in [6, 6.07) is 4.40. The standard InChI is InChI=1S/C24H38O3/c1-6-8-9-10-14-24(3,4)19-16-21(26-5)23(22(17-19)27-7-2)18-12-11-13-20(25)15-18/h16-18H,6-15H2,1-5H3. The zero-order valence-corrected chi connectivity index (χ0v) is 18.0. The quantitative estimate of drug-likeness (QED) is 0.435. The van der Waals surface area contributed by atoms with E-state index in [9.17, 15) is 4.79 Å². The number of carbonyl (C=O) groups is 1. The molecule has 0 aromatic heterocycles. The van der Waals surface area contributed by atoms with Gasteiger partial charge in [0.1, 0.15) is 17.3 Å². The fourth-order valence-electron chi connectivity index (χ4n) is 4.25. The van der Waals surface area contributed by atoms with Crippen molar-refractivity contribution >= 4 is 5.78 Å². The predicted octanol–water partition coefficient (Wildman–Crippen LogP) is 6.57. The molecule has 1 aromatic rings. The van der Waals surface area contributed by atoms with Crippen molar-refractivity contribution in [1.29, 1.82) is 0 Å². The molecule has 0 radical (unpaired) electrons. The summed E-state index contributed by atoms with van der Waals surface area (Å²) in [4.78, 5) is 12.0. The predicted molar refractivity (Wildman–Crippen MR) is 112 cm³/mol. The van der Waals surface area contributed by atoms with Crippen LogP contribution in [-0.2, 0) is 10.2 Å². The van der Waals surface area contributed by atoms with Crippen molar-refractivity contribution in [2.24, 2.45) is 0 Å². The highest BCUT2D eigenvalue weighted by molar-refractivity contribution is 5.80. The zero-order chi connectivity index (χ0) is 19.9. The van der Waals surface area contributed by atoms with Gasteiger partial charge in [0.2, 0.25) is 0 Å². The second-order valence-corrected chi connectivity index (χ2v) is 8.55. The molecule has 152 valence electrons. The molecule has 0 heterocycles. The Morgan fingerprint density at radius 2 is 1.85 bits per heavy atom. The second kappa shape index (κ2) is 10.1. The largest absolute Gasteiger partial charge is 0.496 e. The lowest BCUT2D eigenvalue weighted by Gasteiger charge is -2.30. The smallest absolute Gasteiger partial charge is 0.133 e. The zero-order valence-electron chi connectivity index (χ0n) is 18.0. The van der Waals surface area contributed by atoms with Crippen LogP contribution >= 0.6 is 0 Å². The molecule has 1 unspecified atom stereocenters. The molecular weight excluding hydrogens is 336 g/mol. The molecule has 0 N–H and O–H groups in total. The molecule has 0 spiro atoms. The molecule has 27 heavy (non-hydrogen) atoms. The molecule has 1 aliphatic rings. The highest BCUT2D eigenvalue weighted by Gasteiger charge is 2.30. The monoisotopic (exact) mass is 374 g/mol. The third-order valence-electron chi connectivity index (χ3n) is 5.95. The topological polar surface area (TPSA) is 35.5 Å². The van der Waals surface area contributed by atoms with Crippen LogP contribution in [0.2, 0.25) is 0 Å². The molecule has 1 fully saturated rings. The lowest BCUT2D eigenvalue weighted by atomic mass is 9.77. The maximum Gasteiger partial charge on any atom is 0.133 e. The first kappa shape index (κ1) is 21.8. The summed E-state index contributed by atoms with van der Waals surface area (Å²) in [5.74, 6) is 2.37. The van der Waals surface area contributed by atoms with E-state index in [-0.39, 0.29) is 11.3 Å². The summed E-state index contributed by atoms with van der Waals surface area (Å²) in [5.41, 5.74) is 2.44. The van der Waals surface area contributed by atoms with Gasteiger partial charge in [-0.05, 0) is 55.2 Å². The fraction of sp³-hybridized carbons (Fsp3) is 0.708. The first-order valence-corrected chi connectivity index (χ1v) is 10.8. The Kier molecular flexibility index (Phi) is 8.19. The first-order valence-electron chi connectivity index (χ1n) is 10.8. The van der Waals surface area contributed by atoms with Crippen LogP contribution in [-0.4, -0.2) is 19.5 Å². The summed E-state index contributed by atoms with van der Waals surface area (Å²) < 4.78 is 11.9. The molecule has 0 aliphatic heterocycles. The molecule has 0 bridgehead atoms. The number of carbonyl (C=O) groups excluding carboxylic acids is 1. The van der Waals surface area contributed by atoms with E-state index in [1.807, 2.05) is 6.92 Å². The number of ketones is 1. The van der Waals surface area contributed by atoms with Crippen molar-refractivity contribution < 1.29 is 14.3 Å². The van der Waals surface area contributed by atoms with Gasteiger partial charge in [-0.15, -0.1) is 0 Å². The molecular formula is C24H38O3. The maximum absolute atomic E-state index is 12.0.